The SMILES string of the molecule is CCCCCCOc1ccc(/C=C/C(=O)Nc2sc(CC)cc2C(=O)OCC)cc1OC. The molecule has 2 aromatic rings. The number of nitrogens with one attached hydrogen (secondary N) is 1. The smallest absolute Gasteiger partial charge is 0.341 e. The van der Waals surface area contributed by atoms with Crippen molar-refractivity contribution in [3.05, 3.63) is 46.3 Å². The third kappa shape index (κ3) is 7.71. The van der Waals surface area contributed by atoms with Crippen molar-refractivity contribution in [3.8, 4) is 11.5 Å². The van der Waals surface area contributed by atoms with Crippen LogP contribution in [0.2, 0.25) is 0 Å². The molecular weight excluding hydrogens is 426 g/mol. The molecular formula is C25H33NO5S. The summed E-state index contributed by atoms with van der Waals surface area (Å²) in [5.74, 6) is 0.557. The maximum Gasteiger partial charge on any atom is 0.341 e. The molecule has 2 rings (SSSR count). The maximum absolute atomic E-state index is 12.5. The van der Waals surface area contributed by atoms with Crippen LogP contribution < -0.4 is 14.8 Å². The molecule has 32 heavy (non-hydrogen) atoms. The van der Waals surface area contributed by atoms with Gasteiger partial charge in [-0.2, -0.15) is 0 Å². The third-order valence-corrected chi connectivity index (χ3v) is 5.93. The zero-order chi connectivity index (χ0) is 23.3. The molecule has 0 bridgehead atoms. The first-order chi connectivity index (χ1) is 15.5. The van der Waals surface area contributed by atoms with E-state index in [9.17, 15) is 9.59 Å². The van der Waals surface area contributed by atoms with Crippen LogP contribution in [0.5, 0.6) is 11.5 Å². The molecule has 1 N–H and O–H groups in total. The van der Waals surface area contributed by atoms with Crippen LogP contribution in [0.4, 0.5) is 5.00 Å². The summed E-state index contributed by atoms with van der Waals surface area (Å²) in [6.07, 6.45) is 8.45. The van der Waals surface area contributed by atoms with Crippen LogP contribution in [0.3, 0.4) is 0 Å². The molecule has 1 aromatic heterocycles. The summed E-state index contributed by atoms with van der Waals surface area (Å²) in [7, 11) is 1.60. The quantitative estimate of drug-likeness (QED) is 0.222. The van der Waals surface area contributed by atoms with E-state index in [2.05, 4.69) is 12.2 Å². The highest BCUT2D eigenvalue weighted by molar-refractivity contribution is 7.16. The number of unbranched alkanes of at least 4 members (excludes halogenated alkanes) is 3. The lowest BCUT2D eigenvalue weighted by atomic mass is 10.2. The van der Waals surface area contributed by atoms with E-state index in [4.69, 9.17) is 14.2 Å². The number of hydrogen-bond acceptors (Lipinski definition) is 6. The van der Waals surface area contributed by atoms with Crippen molar-refractivity contribution in [3.63, 3.8) is 0 Å². The molecule has 0 saturated heterocycles. The number of carbonyl (C=O) groups is 2. The number of anilines is 1. The number of hydrogen-bond donors (Lipinski definition) is 1. The van der Waals surface area contributed by atoms with Gasteiger partial charge in [-0.1, -0.05) is 39.2 Å². The van der Waals surface area contributed by atoms with Crippen LogP contribution in [0, 0.1) is 0 Å². The van der Waals surface area contributed by atoms with E-state index < -0.39 is 5.97 Å². The lowest BCUT2D eigenvalue weighted by Gasteiger charge is -2.11. The second-order valence-electron chi connectivity index (χ2n) is 7.17. The maximum atomic E-state index is 12.5. The van der Waals surface area contributed by atoms with Gasteiger partial charge in [0.25, 0.3) is 0 Å². The van der Waals surface area contributed by atoms with Gasteiger partial charge in [-0.15, -0.1) is 11.3 Å². The summed E-state index contributed by atoms with van der Waals surface area (Å²) >= 11 is 1.38. The Morgan fingerprint density at radius 2 is 1.88 bits per heavy atom. The Kier molecular flexibility index (Phi) is 10.8. The van der Waals surface area contributed by atoms with Gasteiger partial charge in [-0.25, -0.2) is 4.79 Å². The van der Waals surface area contributed by atoms with E-state index in [1.807, 2.05) is 25.1 Å². The van der Waals surface area contributed by atoms with E-state index in [0.717, 1.165) is 29.7 Å². The Morgan fingerprint density at radius 1 is 1.06 bits per heavy atom. The Bertz CT molecular complexity index is 919. The molecule has 0 fully saturated rings. The van der Waals surface area contributed by atoms with Crippen LogP contribution in [0.25, 0.3) is 6.08 Å². The lowest BCUT2D eigenvalue weighted by Crippen LogP contribution is -2.11. The second kappa shape index (κ2) is 13.6. The van der Waals surface area contributed by atoms with Gasteiger partial charge in [0.2, 0.25) is 5.91 Å². The molecule has 0 radical (unpaired) electrons. The molecule has 6 nitrogen and oxygen atoms in total. The normalized spacial score (nSPS) is 10.9. The fourth-order valence-electron chi connectivity index (χ4n) is 3.01. The summed E-state index contributed by atoms with van der Waals surface area (Å²) in [5.41, 5.74) is 1.19. The molecule has 0 atom stereocenters. The van der Waals surface area contributed by atoms with Gasteiger partial charge in [-0.05, 0) is 49.6 Å². The van der Waals surface area contributed by atoms with Crippen molar-refractivity contribution in [1.82, 2.24) is 0 Å². The molecule has 0 aliphatic rings. The van der Waals surface area contributed by atoms with E-state index in [-0.39, 0.29) is 12.5 Å². The molecule has 174 valence electrons. The van der Waals surface area contributed by atoms with Crippen molar-refractivity contribution < 1.29 is 23.8 Å². The fourth-order valence-corrected chi connectivity index (χ4v) is 4.00. The van der Waals surface area contributed by atoms with E-state index in [1.54, 1.807) is 26.2 Å². The summed E-state index contributed by atoms with van der Waals surface area (Å²) in [5, 5.41) is 3.29. The Hall–Kier alpha value is -2.80. The molecule has 0 spiro atoms. The average molecular weight is 460 g/mol. The van der Waals surface area contributed by atoms with Crippen molar-refractivity contribution in [2.75, 3.05) is 25.6 Å². The topological polar surface area (TPSA) is 73.9 Å². The van der Waals surface area contributed by atoms with Gasteiger partial charge in [0.1, 0.15) is 5.00 Å². The van der Waals surface area contributed by atoms with Crippen molar-refractivity contribution in [2.24, 2.45) is 0 Å². The van der Waals surface area contributed by atoms with E-state index in [0.29, 0.717) is 28.7 Å². The first-order valence-electron chi connectivity index (χ1n) is 11.1. The molecule has 1 amide bonds. The minimum Gasteiger partial charge on any atom is -0.493 e. The van der Waals surface area contributed by atoms with Gasteiger partial charge in [-0.3, -0.25) is 4.79 Å². The molecule has 7 heteroatoms. The van der Waals surface area contributed by atoms with Gasteiger partial charge in [0.05, 0.1) is 25.9 Å². The molecule has 0 aliphatic heterocycles. The van der Waals surface area contributed by atoms with Crippen molar-refractivity contribution in [2.45, 2.75) is 52.9 Å². The number of methoxy groups -OCH3 is 1. The van der Waals surface area contributed by atoms with Gasteiger partial charge in [0.15, 0.2) is 11.5 Å². The highest BCUT2D eigenvalue weighted by atomic mass is 32.1. The zero-order valence-corrected chi connectivity index (χ0v) is 20.2. The predicted molar refractivity (Wildman–Crippen MR) is 130 cm³/mol. The minimum absolute atomic E-state index is 0.281. The monoisotopic (exact) mass is 459 g/mol. The largest absolute Gasteiger partial charge is 0.493 e. The third-order valence-electron chi connectivity index (χ3n) is 4.73. The summed E-state index contributed by atoms with van der Waals surface area (Å²) in [6.45, 7) is 6.86. The van der Waals surface area contributed by atoms with E-state index >= 15 is 0 Å². The number of thiophene rings is 1. The van der Waals surface area contributed by atoms with Crippen molar-refractivity contribution in [1.29, 1.82) is 0 Å². The number of ether oxygens (including phenoxy) is 3. The van der Waals surface area contributed by atoms with Crippen LogP contribution >= 0.6 is 11.3 Å². The molecule has 0 saturated carbocycles. The Labute approximate surface area is 194 Å². The Morgan fingerprint density at radius 3 is 2.56 bits per heavy atom. The predicted octanol–water partition coefficient (Wildman–Crippen LogP) is 6.11. The summed E-state index contributed by atoms with van der Waals surface area (Å²) in [6, 6.07) is 7.32. The standard InChI is InChI=1S/C25H33NO5S/c1-5-8-9-10-15-31-21-13-11-18(16-22(21)29-4)12-14-23(27)26-24-20(25(28)30-7-3)17-19(6-2)32-24/h11-14,16-17H,5-10,15H2,1-4H3,(H,26,27)/b14-12+. The minimum atomic E-state index is -0.433. The Balaban J connectivity index is 2.03. The number of benzene rings is 1. The highest BCUT2D eigenvalue weighted by Gasteiger charge is 2.18. The fraction of sp³-hybridized carbons (Fsp3) is 0.440. The van der Waals surface area contributed by atoms with E-state index in [1.165, 1.54) is 30.3 Å². The number of amides is 1. The molecule has 1 aromatic carbocycles. The molecule has 0 aliphatic carbocycles. The van der Waals surface area contributed by atoms with Gasteiger partial charge < -0.3 is 19.5 Å². The van der Waals surface area contributed by atoms with Crippen LogP contribution in [-0.4, -0.2) is 32.2 Å². The lowest BCUT2D eigenvalue weighted by molar-refractivity contribution is -0.111. The summed E-state index contributed by atoms with van der Waals surface area (Å²) in [4.78, 5) is 25.6. The number of aryl methyl sites for hydroxylation is 1. The zero-order valence-electron chi connectivity index (χ0n) is 19.4. The van der Waals surface area contributed by atoms with Gasteiger partial charge in [0, 0.05) is 11.0 Å². The van der Waals surface area contributed by atoms with Gasteiger partial charge >= 0.3 is 5.97 Å². The molecule has 0 unspecified atom stereocenters. The second-order valence-corrected chi connectivity index (χ2v) is 8.31. The number of carbonyl (C=O) groups excluding carboxylic acids is 2. The van der Waals surface area contributed by atoms with Crippen LogP contribution in [0.1, 0.15) is 67.3 Å². The summed E-state index contributed by atoms with van der Waals surface area (Å²) < 4.78 is 16.4. The number of esters is 1. The number of rotatable bonds is 13. The van der Waals surface area contributed by atoms with Crippen LogP contribution in [-0.2, 0) is 16.0 Å². The first-order valence-corrected chi connectivity index (χ1v) is 11.9. The molecule has 1 heterocycles. The van der Waals surface area contributed by atoms with Crippen LogP contribution in [0.15, 0.2) is 30.3 Å². The van der Waals surface area contributed by atoms with Crippen molar-refractivity contribution >= 4 is 34.3 Å². The highest BCUT2D eigenvalue weighted by Crippen LogP contribution is 2.30. The first kappa shape index (κ1) is 25.5. The average Bonchev–Trinajstić information content (AvgIpc) is 3.21.